The molecular weight excluding hydrogens is 532 g/mol. The SMILES string of the molecule is c1cc(-c2ccc(-c3nc4ccccc4c4ccccc34)nc2)cc(-c2ccc3c4ccccc4c4ccccc4c3c2)c1. The molecule has 9 aromatic rings. The van der Waals surface area contributed by atoms with Gasteiger partial charge in [-0.05, 0) is 78.7 Å². The summed E-state index contributed by atoms with van der Waals surface area (Å²) < 4.78 is 0. The van der Waals surface area contributed by atoms with Crippen molar-refractivity contribution in [3.63, 3.8) is 0 Å². The molecule has 0 aliphatic rings. The minimum absolute atomic E-state index is 0.875. The number of rotatable bonds is 3. The van der Waals surface area contributed by atoms with E-state index in [1.165, 1.54) is 48.8 Å². The predicted molar refractivity (Wildman–Crippen MR) is 186 cm³/mol. The smallest absolute Gasteiger partial charge is 0.0972 e. The maximum Gasteiger partial charge on any atom is 0.0972 e. The lowest BCUT2D eigenvalue weighted by atomic mass is 9.91. The monoisotopic (exact) mass is 558 g/mol. The number of benzene rings is 7. The van der Waals surface area contributed by atoms with Gasteiger partial charge in [0.1, 0.15) is 0 Å². The standard InChI is InChI=1S/C42H26N2/c1-2-14-33-31(12-1)32-13-3-4-15-34(32)39-25-29(20-22-36(33)39)27-10-9-11-28(24-27)30-21-23-41(43-26-30)42-38-18-6-5-16-35(38)37-17-7-8-19-40(37)44-42/h1-26H. The summed E-state index contributed by atoms with van der Waals surface area (Å²) in [5.74, 6) is 0. The first-order chi connectivity index (χ1) is 21.8. The maximum atomic E-state index is 5.03. The molecule has 0 radical (unpaired) electrons. The molecule has 0 N–H and O–H groups in total. The Morgan fingerprint density at radius 1 is 0.318 bits per heavy atom. The van der Waals surface area contributed by atoms with Crippen LogP contribution >= 0.6 is 0 Å². The highest BCUT2D eigenvalue weighted by Crippen LogP contribution is 2.38. The molecule has 0 aliphatic carbocycles. The van der Waals surface area contributed by atoms with Crippen molar-refractivity contribution in [2.45, 2.75) is 0 Å². The highest BCUT2D eigenvalue weighted by Gasteiger charge is 2.13. The molecule has 2 heterocycles. The number of pyridine rings is 2. The number of fused-ring (bicyclic) bond motifs is 9. The number of aromatic nitrogens is 2. The fourth-order valence-corrected chi connectivity index (χ4v) is 6.77. The molecule has 0 fully saturated rings. The van der Waals surface area contributed by atoms with E-state index in [2.05, 4.69) is 146 Å². The van der Waals surface area contributed by atoms with Crippen LogP contribution in [-0.2, 0) is 0 Å². The zero-order valence-corrected chi connectivity index (χ0v) is 23.9. The van der Waals surface area contributed by atoms with Crippen LogP contribution in [0.4, 0.5) is 0 Å². The van der Waals surface area contributed by atoms with Crippen LogP contribution in [0, 0.1) is 0 Å². The average molecular weight is 559 g/mol. The van der Waals surface area contributed by atoms with Gasteiger partial charge in [-0.15, -0.1) is 0 Å². The zero-order chi connectivity index (χ0) is 29.0. The molecule has 44 heavy (non-hydrogen) atoms. The Hall–Kier alpha value is -5.86. The Morgan fingerprint density at radius 2 is 0.818 bits per heavy atom. The first-order valence-electron chi connectivity index (χ1n) is 15.0. The lowest BCUT2D eigenvalue weighted by Gasteiger charge is -2.13. The molecule has 0 aliphatic heterocycles. The van der Waals surface area contributed by atoms with Gasteiger partial charge in [-0.25, -0.2) is 4.98 Å². The molecular formula is C42H26N2. The molecule has 204 valence electrons. The molecule has 7 aromatic carbocycles. The van der Waals surface area contributed by atoms with E-state index in [0.29, 0.717) is 0 Å². The van der Waals surface area contributed by atoms with E-state index in [9.17, 15) is 0 Å². The van der Waals surface area contributed by atoms with Gasteiger partial charge < -0.3 is 0 Å². The topological polar surface area (TPSA) is 25.8 Å². The first-order valence-corrected chi connectivity index (χ1v) is 15.0. The Labute approximate surface area is 254 Å². The summed E-state index contributed by atoms with van der Waals surface area (Å²) in [6.07, 6.45) is 1.97. The second kappa shape index (κ2) is 9.86. The van der Waals surface area contributed by atoms with Gasteiger partial charge in [0.25, 0.3) is 0 Å². The molecule has 0 unspecified atom stereocenters. The fraction of sp³-hybridized carbons (Fsp3) is 0. The third kappa shape index (κ3) is 3.89. The fourth-order valence-electron chi connectivity index (χ4n) is 6.77. The van der Waals surface area contributed by atoms with Crippen molar-refractivity contribution in [1.82, 2.24) is 9.97 Å². The molecule has 2 aromatic heterocycles. The summed E-state index contributed by atoms with van der Waals surface area (Å²) in [6, 6.07) is 54.1. The largest absolute Gasteiger partial charge is 0.254 e. The second-order valence-electron chi connectivity index (χ2n) is 11.4. The summed E-state index contributed by atoms with van der Waals surface area (Å²) in [5.41, 5.74) is 7.38. The van der Waals surface area contributed by atoms with Crippen molar-refractivity contribution >= 4 is 54.0 Å². The van der Waals surface area contributed by atoms with Gasteiger partial charge in [-0.3, -0.25) is 4.98 Å². The molecule has 2 heteroatoms. The van der Waals surface area contributed by atoms with Gasteiger partial charge in [-0.1, -0.05) is 127 Å². The van der Waals surface area contributed by atoms with Crippen molar-refractivity contribution in [3.05, 3.63) is 158 Å². The lowest BCUT2D eigenvalue weighted by molar-refractivity contribution is 1.29. The van der Waals surface area contributed by atoms with E-state index in [1.807, 2.05) is 12.3 Å². The Bertz CT molecular complexity index is 2510. The Morgan fingerprint density at radius 3 is 1.48 bits per heavy atom. The first kappa shape index (κ1) is 24.7. The Balaban J connectivity index is 1.13. The van der Waals surface area contributed by atoms with Gasteiger partial charge in [-0.2, -0.15) is 0 Å². The third-order valence-corrected chi connectivity index (χ3v) is 8.89. The van der Waals surface area contributed by atoms with Gasteiger partial charge in [0.05, 0.1) is 16.9 Å². The van der Waals surface area contributed by atoms with Crippen molar-refractivity contribution < 1.29 is 0 Å². The summed E-state index contributed by atoms with van der Waals surface area (Å²) in [7, 11) is 0. The lowest BCUT2D eigenvalue weighted by Crippen LogP contribution is -1.92. The molecule has 2 nitrogen and oxygen atoms in total. The zero-order valence-electron chi connectivity index (χ0n) is 23.9. The number of para-hydroxylation sites is 1. The highest BCUT2D eigenvalue weighted by molar-refractivity contribution is 6.25. The summed E-state index contributed by atoms with van der Waals surface area (Å²) in [5, 5.41) is 11.2. The molecule has 0 bridgehead atoms. The van der Waals surface area contributed by atoms with Crippen LogP contribution in [-0.4, -0.2) is 9.97 Å². The molecule has 0 spiro atoms. The van der Waals surface area contributed by atoms with Crippen molar-refractivity contribution in [2.24, 2.45) is 0 Å². The second-order valence-corrected chi connectivity index (χ2v) is 11.4. The van der Waals surface area contributed by atoms with E-state index in [4.69, 9.17) is 9.97 Å². The molecule has 0 amide bonds. The van der Waals surface area contributed by atoms with Crippen LogP contribution in [0.25, 0.3) is 87.6 Å². The third-order valence-electron chi connectivity index (χ3n) is 8.89. The van der Waals surface area contributed by atoms with Gasteiger partial charge in [0.15, 0.2) is 0 Å². The summed E-state index contributed by atoms with van der Waals surface area (Å²) >= 11 is 0. The quantitative estimate of drug-likeness (QED) is 0.202. The Kier molecular flexibility index (Phi) is 5.54. The van der Waals surface area contributed by atoms with E-state index < -0.39 is 0 Å². The molecule has 0 saturated heterocycles. The molecule has 9 rings (SSSR count). The van der Waals surface area contributed by atoms with Crippen molar-refractivity contribution in [3.8, 4) is 33.6 Å². The number of nitrogens with zero attached hydrogens (tertiary/aromatic N) is 2. The predicted octanol–water partition coefficient (Wildman–Crippen LogP) is 11.2. The molecule has 0 saturated carbocycles. The van der Waals surface area contributed by atoms with Crippen LogP contribution in [0.1, 0.15) is 0 Å². The molecule has 0 atom stereocenters. The van der Waals surface area contributed by atoms with E-state index in [0.717, 1.165) is 38.8 Å². The van der Waals surface area contributed by atoms with Crippen molar-refractivity contribution in [2.75, 3.05) is 0 Å². The van der Waals surface area contributed by atoms with Crippen LogP contribution in [0.3, 0.4) is 0 Å². The van der Waals surface area contributed by atoms with Crippen LogP contribution < -0.4 is 0 Å². The minimum Gasteiger partial charge on any atom is -0.254 e. The van der Waals surface area contributed by atoms with Gasteiger partial charge in [0.2, 0.25) is 0 Å². The minimum atomic E-state index is 0.875. The van der Waals surface area contributed by atoms with Crippen LogP contribution in [0.5, 0.6) is 0 Å². The normalized spacial score (nSPS) is 11.6. The van der Waals surface area contributed by atoms with Gasteiger partial charge >= 0.3 is 0 Å². The van der Waals surface area contributed by atoms with E-state index in [-0.39, 0.29) is 0 Å². The van der Waals surface area contributed by atoms with E-state index >= 15 is 0 Å². The number of hydrogen-bond acceptors (Lipinski definition) is 2. The van der Waals surface area contributed by atoms with Gasteiger partial charge in [0, 0.05) is 22.5 Å². The van der Waals surface area contributed by atoms with Crippen molar-refractivity contribution in [1.29, 1.82) is 0 Å². The van der Waals surface area contributed by atoms with Crippen LogP contribution in [0.15, 0.2) is 158 Å². The highest BCUT2D eigenvalue weighted by atomic mass is 14.8. The average Bonchev–Trinajstić information content (AvgIpc) is 3.11. The van der Waals surface area contributed by atoms with E-state index in [1.54, 1.807) is 0 Å². The maximum absolute atomic E-state index is 5.03. The summed E-state index contributed by atoms with van der Waals surface area (Å²) in [4.78, 5) is 9.96. The van der Waals surface area contributed by atoms with Crippen LogP contribution in [0.2, 0.25) is 0 Å². The summed E-state index contributed by atoms with van der Waals surface area (Å²) in [6.45, 7) is 0. The number of hydrogen-bond donors (Lipinski definition) is 0.